The average Bonchev–Trinajstić information content (AvgIpc) is 2.76. The molecule has 6 nitrogen and oxygen atoms in total. The lowest BCUT2D eigenvalue weighted by atomic mass is 10.1. The summed E-state index contributed by atoms with van der Waals surface area (Å²) in [6, 6.07) is 15.2. The summed E-state index contributed by atoms with van der Waals surface area (Å²) in [6.07, 6.45) is 0.921. The molecule has 0 aliphatic heterocycles. The molecule has 29 heavy (non-hydrogen) atoms. The summed E-state index contributed by atoms with van der Waals surface area (Å²) in [6.45, 7) is 2.08. The second kappa shape index (κ2) is 9.30. The van der Waals surface area contributed by atoms with E-state index in [9.17, 15) is 10.1 Å². The number of pyridine rings is 1. The summed E-state index contributed by atoms with van der Waals surface area (Å²) >= 11 is 1.24. The molecule has 0 fully saturated rings. The van der Waals surface area contributed by atoms with E-state index in [1.54, 1.807) is 25.3 Å². The Kier molecular flexibility index (Phi) is 6.57. The highest BCUT2D eigenvalue weighted by atomic mass is 32.2. The Bertz CT molecular complexity index is 1090. The smallest absolute Gasteiger partial charge is 0.234 e. The van der Waals surface area contributed by atoms with Crippen LogP contribution in [0, 0.1) is 11.3 Å². The van der Waals surface area contributed by atoms with Crippen molar-refractivity contribution in [2.75, 3.05) is 25.3 Å². The minimum Gasteiger partial charge on any atom is -0.493 e. The van der Waals surface area contributed by atoms with Gasteiger partial charge >= 0.3 is 0 Å². The van der Waals surface area contributed by atoms with Crippen molar-refractivity contribution < 1.29 is 14.3 Å². The number of anilines is 1. The summed E-state index contributed by atoms with van der Waals surface area (Å²) < 4.78 is 10.4. The predicted octanol–water partition coefficient (Wildman–Crippen LogP) is 4.42. The Labute approximate surface area is 173 Å². The van der Waals surface area contributed by atoms with Gasteiger partial charge < -0.3 is 14.8 Å². The topological polar surface area (TPSA) is 84.2 Å². The molecule has 0 saturated carbocycles. The molecule has 7 heteroatoms. The van der Waals surface area contributed by atoms with Gasteiger partial charge in [0, 0.05) is 17.1 Å². The molecule has 0 unspecified atom stereocenters. The Morgan fingerprint density at radius 3 is 2.62 bits per heavy atom. The van der Waals surface area contributed by atoms with Crippen LogP contribution in [-0.2, 0) is 11.2 Å². The van der Waals surface area contributed by atoms with Crippen molar-refractivity contribution >= 4 is 34.3 Å². The van der Waals surface area contributed by atoms with Crippen molar-refractivity contribution in [2.45, 2.75) is 18.4 Å². The number of rotatable bonds is 7. The highest BCUT2D eigenvalue weighted by Gasteiger charge is 2.12. The van der Waals surface area contributed by atoms with Crippen molar-refractivity contribution in [1.82, 2.24) is 4.98 Å². The van der Waals surface area contributed by atoms with Gasteiger partial charge in [-0.15, -0.1) is 0 Å². The van der Waals surface area contributed by atoms with E-state index in [0.29, 0.717) is 27.8 Å². The standard InChI is InChI=1S/C22H21N3O3S/c1-4-14-5-7-18-15(9-14)10-16(12-23)22(25-18)29-13-21(26)24-17-6-8-19(27-2)20(11-17)28-3/h5-11H,4,13H2,1-3H3,(H,24,26). The number of ether oxygens (including phenoxy) is 2. The van der Waals surface area contributed by atoms with Crippen LogP contribution in [0.15, 0.2) is 47.5 Å². The zero-order valence-corrected chi connectivity index (χ0v) is 17.3. The molecule has 2 aromatic carbocycles. The third-order valence-electron chi connectivity index (χ3n) is 4.38. The maximum absolute atomic E-state index is 12.4. The number of amides is 1. The van der Waals surface area contributed by atoms with Crippen molar-refractivity contribution in [3.05, 3.63) is 53.6 Å². The van der Waals surface area contributed by atoms with Crippen LogP contribution in [0.3, 0.4) is 0 Å². The molecular weight excluding hydrogens is 386 g/mol. The lowest BCUT2D eigenvalue weighted by Crippen LogP contribution is -2.14. The van der Waals surface area contributed by atoms with E-state index >= 15 is 0 Å². The zero-order valence-electron chi connectivity index (χ0n) is 16.5. The minimum atomic E-state index is -0.200. The Hall–Kier alpha value is -3.24. The van der Waals surface area contributed by atoms with Crippen molar-refractivity contribution in [2.24, 2.45) is 0 Å². The van der Waals surface area contributed by atoms with Crippen molar-refractivity contribution in [3.63, 3.8) is 0 Å². The summed E-state index contributed by atoms with van der Waals surface area (Å²) in [4.78, 5) is 16.9. The van der Waals surface area contributed by atoms with Crippen LogP contribution in [-0.4, -0.2) is 30.9 Å². The van der Waals surface area contributed by atoms with E-state index in [2.05, 4.69) is 23.3 Å². The van der Waals surface area contributed by atoms with Gasteiger partial charge in [0.05, 0.1) is 31.1 Å². The molecule has 0 bridgehead atoms. The molecule has 3 rings (SSSR count). The number of nitrogens with one attached hydrogen (secondary N) is 1. The molecule has 0 saturated heterocycles. The highest BCUT2D eigenvalue weighted by molar-refractivity contribution is 8.00. The fraction of sp³-hybridized carbons (Fsp3) is 0.227. The number of carbonyl (C=O) groups is 1. The van der Waals surface area contributed by atoms with Crippen LogP contribution in [0.1, 0.15) is 18.1 Å². The number of nitriles is 1. The quantitative estimate of drug-likeness (QED) is 0.584. The van der Waals surface area contributed by atoms with Crippen molar-refractivity contribution in [3.8, 4) is 17.6 Å². The van der Waals surface area contributed by atoms with E-state index in [-0.39, 0.29) is 11.7 Å². The predicted molar refractivity (Wildman–Crippen MR) is 115 cm³/mol. The van der Waals surface area contributed by atoms with Gasteiger partial charge in [0.1, 0.15) is 11.1 Å². The van der Waals surface area contributed by atoms with Crippen LogP contribution in [0.4, 0.5) is 5.69 Å². The first-order valence-corrected chi connectivity index (χ1v) is 10.0. The number of hydrogen-bond acceptors (Lipinski definition) is 6. The van der Waals surface area contributed by atoms with Gasteiger partial charge in [-0.3, -0.25) is 4.79 Å². The van der Waals surface area contributed by atoms with Gasteiger partial charge in [0.2, 0.25) is 5.91 Å². The Morgan fingerprint density at radius 1 is 1.14 bits per heavy atom. The molecule has 1 heterocycles. The molecule has 1 aromatic heterocycles. The first kappa shape index (κ1) is 20.5. The SMILES string of the molecule is CCc1ccc2nc(SCC(=O)Nc3ccc(OC)c(OC)c3)c(C#N)cc2c1. The van der Waals surface area contributed by atoms with Gasteiger partial charge in [-0.25, -0.2) is 4.98 Å². The normalized spacial score (nSPS) is 10.4. The molecule has 0 aliphatic carbocycles. The molecule has 0 radical (unpaired) electrons. The first-order chi connectivity index (χ1) is 14.1. The summed E-state index contributed by atoms with van der Waals surface area (Å²) in [5.41, 5.74) is 3.07. The summed E-state index contributed by atoms with van der Waals surface area (Å²) in [5.74, 6) is 1.06. The summed E-state index contributed by atoms with van der Waals surface area (Å²) in [5, 5.41) is 13.8. The van der Waals surface area contributed by atoms with Gasteiger partial charge in [0.15, 0.2) is 11.5 Å². The van der Waals surface area contributed by atoms with E-state index in [1.165, 1.54) is 24.4 Å². The maximum atomic E-state index is 12.4. The minimum absolute atomic E-state index is 0.134. The third kappa shape index (κ3) is 4.79. The number of carbonyl (C=O) groups excluding carboxylic acids is 1. The largest absolute Gasteiger partial charge is 0.493 e. The average molecular weight is 407 g/mol. The van der Waals surface area contributed by atoms with E-state index in [0.717, 1.165) is 17.3 Å². The zero-order chi connectivity index (χ0) is 20.8. The molecule has 0 atom stereocenters. The van der Waals surface area contributed by atoms with Gasteiger partial charge in [-0.05, 0) is 42.3 Å². The van der Waals surface area contributed by atoms with Crippen LogP contribution >= 0.6 is 11.8 Å². The third-order valence-corrected chi connectivity index (χ3v) is 5.37. The molecule has 1 amide bonds. The van der Waals surface area contributed by atoms with Crippen LogP contribution in [0.25, 0.3) is 10.9 Å². The molecule has 0 spiro atoms. The fourth-order valence-corrected chi connectivity index (χ4v) is 3.63. The second-order valence-electron chi connectivity index (χ2n) is 6.24. The molecular formula is C22H21N3O3S. The molecule has 3 aromatic rings. The number of nitrogens with zero attached hydrogens (tertiary/aromatic N) is 2. The number of thioether (sulfide) groups is 1. The summed E-state index contributed by atoms with van der Waals surface area (Å²) in [7, 11) is 3.09. The number of benzene rings is 2. The van der Waals surface area contributed by atoms with E-state index in [4.69, 9.17) is 9.47 Å². The molecule has 1 N–H and O–H groups in total. The second-order valence-corrected chi connectivity index (χ2v) is 7.20. The van der Waals surface area contributed by atoms with Crippen molar-refractivity contribution in [1.29, 1.82) is 5.26 Å². The number of hydrogen-bond donors (Lipinski definition) is 1. The van der Waals surface area contributed by atoms with Crippen LogP contribution in [0.2, 0.25) is 0 Å². The van der Waals surface area contributed by atoms with Crippen LogP contribution < -0.4 is 14.8 Å². The maximum Gasteiger partial charge on any atom is 0.234 e. The van der Waals surface area contributed by atoms with Gasteiger partial charge in [-0.1, -0.05) is 24.8 Å². The lowest BCUT2D eigenvalue weighted by Gasteiger charge is -2.11. The van der Waals surface area contributed by atoms with E-state index < -0.39 is 0 Å². The number of aryl methyl sites for hydroxylation is 1. The van der Waals surface area contributed by atoms with Gasteiger partial charge in [-0.2, -0.15) is 5.26 Å². The lowest BCUT2D eigenvalue weighted by molar-refractivity contribution is -0.113. The number of fused-ring (bicyclic) bond motifs is 1. The monoisotopic (exact) mass is 407 g/mol. The fourth-order valence-electron chi connectivity index (χ4n) is 2.86. The number of methoxy groups -OCH3 is 2. The highest BCUT2D eigenvalue weighted by Crippen LogP contribution is 2.30. The Morgan fingerprint density at radius 2 is 1.93 bits per heavy atom. The number of aromatic nitrogens is 1. The van der Waals surface area contributed by atoms with E-state index in [1.807, 2.05) is 24.3 Å². The Balaban J connectivity index is 1.73. The first-order valence-electron chi connectivity index (χ1n) is 9.06. The van der Waals surface area contributed by atoms with Gasteiger partial charge in [0.25, 0.3) is 0 Å². The molecule has 148 valence electrons. The van der Waals surface area contributed by atoms with Crippen LogP contribution in [0.5, 0.6) is 11.5 Å². The molecule has 0 aliphatic rings.